The standard InChI is InChI=1S/C29H29N7O2/c1-2-28(37)33-24-7-10-34(19-24)25-5-3-20(4-6-25)27-13-21(17-36-29(27)22(14-30)15-32-36)23-16-31-35(18-23)26-8-11-38-12-9-26/h2-6,13,15-18,24,26H,1,7-12,19H2,(H,33,37)/t24-/m1/s1. The van der Waals surface area contributed by atoms with Crippen molar-refractivity contribution in [2.24, 2.45) is 0 Å². The third-order valence-electron chi connectivity index (χ3n) is 7.50. The Hall–Kier alpha value is -4.42. The minimum atomic E-state index is -0.136. The first kappa shape index (κ1) is 23.9. The van der Waals surface area contributed by atoms with Gasteiger partial charge in [0.25, 0.3) is 0 Å². The van der Waals surface area contributed by atoms with E-state index in [4.69, 9.17) is 4.74 Å². The van der Waals surface area contributed by atoms with E-state index >= 15 is 0 Å². The summed E-state index contributed by atoms with van der Waals surface area (Å²) in [4.78, 5) is 13.9. The largest absolute Gasteiger partial charge is 0.381 e. The SMILES string of the molecule is C=CC(=O)N[C@@H]1CCN(c2ccc(-c3cc(-c4cnn(C5CCOCC5)c4)cn4ncc(C#N)c34)cc2)C1. The molecule has 1 N–H and O–H groups in total. The molecule has 3 aromatic heterocycles. The van der Waals surface area contributed by atoms with Crippen LogP contribution in [0.2, 0.25) is 0 Å². The van der Waals surface area contributed by atoms with E-state index in [2.05, 4.69) is 69.6 Å². The van der Waals surface area contributed by atoms with Crippen molar-refractivity contribution in [3.63, 3.8) is 0 Å². The minimum absolute atomic E-state index is 0.114. The first-order valence-electron chi connectivity index (χ1n) is 12.9. The van der Waals surface area contributed by atoms with Crippen molar-refractivity contribution < 1.29 is 9.53 Å². The van der Waals surface area contributed by atoms with Crippen LogP contribution in [0.25, 0.3) is 27.8 Å². The van der Waals surface area contributed by atoms with Crippen molar-refractivity contribution in [1.29, 1.82) is 5.26 Å². The number of amides is 1. The minimum Gasteiger partial charge on any atom is -0.381 e. The number of nitrogens with zero attached hydrogens (tertiary/aromatic N) is 6. The van der Waals surface area contributed by atoms with Crippen molar-refractivity contribution in [2.45, 2.75) is 31.3 Å². The molecule has 0 unspecified atom stereocenters. The number of ether oxygens (including phenoxy) is 1. The second kappa shape index (κ2) is 10.1. The van der Waals surface area contributed by atoms with E-state index in [9.17, 15) is 10.1 Å². The first-order valence-corrected chi connectivity index (χ1v) is 12.9. The molecule has 192 valence electrons. The third kappa shape index (κ3) is 4.55. The van der Waals surface area contributed by atoms with Gasteiger partial charge in [0.05, 0.1) is 29.5 Å². The maximum Gasteiger partial charge on any atom is 0.243 e. The van der Waals surface area contributed by atoms with Gasteiger partial charge in [0, 0.05) is 67.1 Å². The Labute approximate surface area is 220 Å². The molecule has 6 rings (SSSR count). The van der Waals surface area contributed by atoms with Crippen LogP contribution in [0.5, 0.6) is 0 Å². The molecule has 5 heterocycles. The van der Waals surface area contributed by atoms with E-state index in [1.54, 1.807) is 10.7 Å². The van der Waals surface area contributed by atoms with Gasteiger partial charge in [-0.15, -0.1) is 0 Å². The molecule has 2 aliphatic heterocycles. The lowest BCUT2D eigenvalue weighted by molar-refractivity contribution is -0.117. The van der Waals surface area contributed by atoms with E-state index in [1.807, 2.05) is 17.1 Å². The number of fused-ring (bicyclic) bond motifs is 1. The number of hydrogen-bond acceptors (Lipinski definition) is 6. The van der Waals surface area contributed by atoms with Crippen LogP contribution in [0.3, 0.4) is 0 Å². The number of nitrogens with one attached hydrogen (secondary N) is 1. The lowest BCUT2D eigenvalue weighted by Crippen LogP contribution is -2.35. The summed E-state index contributed by atoms with van der Waals surface area (Å²) in [5.74, 6) is -0.136. The number of carbonyl (C=O) groups excluding carboxylic acids is 1. The smallest absolute Gasteiger partial charge is 0.243 e. The van der Waals surface area contributed by atoms with E-state index in [0.29, 0.717) is 11.6 Å². The molecule has 0 aliphatic carbocycles. The van der Waals surface area contributed by atoms with Gasteiger partial charge in [0.1, 0.15) is 6.07 Å². The van der Waals surface area contributed by atoms with Crippen LogP contribution in [-0.2, 0) is 9.53 Å². The molecule has 1 amide bonds. The van der Waals surface area contributed by atoms with Gasteiger partial charge < -0.3 is 15.0 Å². The highest BCUT2D eigenvalue weighted by Gasteiger charge is 2.24. The molecule has 0 spiro atoms. The number of rotatable bonds is 6. The van der Waals surface area contributed by atoms with Crippen molar-refractivity contribution in [2.75, 3.05) is 31.2 Å². The van der Waals surface area contributed by atoms with Gasteiger partial charge in [-0.25, -0.2) is 4.52 Å². The van der Waals surface area contributed by atoms with Crippen LogP contribution in [-0.4, -0.2) is 57.6 Å². The molecule has 4 aromatic rings. The Morgan fingerprint density at radius 1 is 1.08 bits per heavy atom. The predicted molar refractivity (Wildman–Crippen MR) is 145 cm³/mol. The summed E-state index contributed by atoms with van der Waals surface area (Å²) in [6, 6.07) is 13.2. The summed E-state index contributed by atoms with van der Waals surface area (Å²) in [7, 11) is 0. The number of benzene rings is 1. The Kier molecular flexibility index (Phi) is 6.40. The molecule has 9 nitrogen and oxygen atoms in total. The Morgan fingerprint density at radius 2 is 1.89 bits per heavy atom. The van der Waals surface area contributed by atoms with E-state index in [-0.39, 0.29) is 11.9 Å². The monoisotopic (exact) mass is 507 g/mol. The molecular weight excluding hydrogens is 478 g/mol. The molecule has 0 saturated carbocycles. The second-order valence-corrected chi connectivity index (χ2v) is 9.85. The van der Waals surface area contributed by atoms with Gasteiger partial charge in [0.15, 0.2) is 0 Å². The molecule has 2 fully saturated rings. The van der Waals surface area contributed by atoms with Crippen LogP contribution in [0.15, 0.2) is 67.8 Å². The highest BCUT2D eigenvalue weighted by molar-refractivity contribution is 5.88. The van der Waals surface area contributed by atoms with Gasteiger partial charge in [0.2, 0.25) is 5.91 Å². The normalized spacial score (nSPS) is 18.0. The molecular formula is C29H29N7O2. The second-order valence-electron chi connectivity index (χ2n) is 9.85. The highest BCUT2D eigenvalue weighted by Crippen LogP contribution is 2.34. The molecule has 1 aromatic carbocycles. The molecule has 2 aliphatic rings. The van der Waals surface area contributed by atoms with Gasteiger partial charge in [-0.3, -0.25) is 9.48 Å². The topological polar surface area (TPSA) is 100 Å². The Bertz CT molecular complexity index is 1520. The summed E-state index contributed by atoms with van der Waals surface area (Å²) in [6.07, 6.45) is 11.7. The first-order chi connectivity index (χ1) is 18.6. The Morgan fingerprint density at radius 3 is 2.66 bits per heavy atom. The van der Waals surface area contributed by atoms with Crippen molar-refractivity contribution >= 4 is 17.1 Å². The Balaban J connectivity index is 1.31. The van der Waals surface area contributed by atoms with E-state index < -0.39 is 0 Å². The maximum absolute atomic E-state index is 11.7. The maximum atomic E-state index is 11.7. The van der Waals surface area contributed by atoms with Gasteiger partial charge in [-0.2, -0.15) is 15.5 Å². The molecule has 0 radical (unpaired) electrons. The lowest BCUT2D eigenvalue weighted by atomic mass is 9.99. The van der Waals surface area contributed by atoms with Gasteiger partial charge >= 0.3 is 0 Å². The number of hydrogen-bond donors (Lipinski definition) is 1. The van der Waals surface area contributed by atoms with E-state index in [0.717, 1.165) is 79.0 Å². The molecule has 9 heteroatoms. The van der Waals surface area contributed by atoms with Crippen LogP contribution in [0.4, 0.5) is 5.69 Å². The zero-order chi connectivity index (χ0) is 26.1. The third-order valence-corrected chi connectivity index (χ3v) is 7.50. The fourth-order valence-electron chi connectivity index (χ4n) is 5.44. The molecule has 1 atom stereocenters. The quantitative estimate of drug-likeness (QED) is 0.397. The highest BCUT2D eigenvalue weighted by atomic mass is 16.5. The summed E-state index contributed by atoms with van der Waals surface area (Å²) in [5.41, 5.74) is 6.37. The summed E-state index contributed by atoms with van der Waals surface area (Å²) >= 11 is 0. The average Bonchev–Trinajstić information content (AvgIpc) is 3.73. The van der Waals surface area contributed by atoms with Crippen LogP contribution in [0, 0.1) is 11.3 Å². The van der Waals surface area contributed by atoms with Crippen molar-refractivity contribution in [3.05, 3.63) is 73.3 Å². The summed E-state index contributed by atoms with van der Waals surface area (Å²) in [5, 5.41) is 21.9. The van der Waals surface area contributed by atoms with Crippen molar-refractivity contribution in [1.82, 2.24) is 24.7 Å². The summed E-state index contributed by atoms with van der Waals surface area (Å²) in [6.45, 7) is 6.69. The predicted octanol–water partition coefficient (Wildman–Crippen LogP) is 3.97. The fraction of sp³-hybridized carbons (Fsp3) is 0.310. The van der Waals surface area contributed by atoms with Gasteiger partial charge in [-0.1, -0.05) is 18.7 Å². The van der Waals surface area contributed by atoms with Crippen LogP contribution in [0.1, 0.15) is 30.9 Å². The van der Waals surface area contributed by atoms with Crippen molar-refractivity contribution in [3.8, 4) is 28.3 Å². The average molecular weight is 508 g/mol. The zero-order valence-corrected chi connectivity index (χ0v) is 21.1. The number of nitriles is 1. The van der Waals surface area contributed by atoms with Gasteiger partial charge in [-0.05, 0) is 49.1 Å². The lowest BCUT2D eigenvalue weighted by Gasteiger charge is -2.22. The van der Waals surface area contributed by atoms with Crippen LogP contribution >= 0.6 is 0 Å². The molecule has 2 saturated heterocycles. The summed E-state index contributed by atoms with van der Waals surface area (Å²) < 4.78 is 9.33. The number of aromatic nitrogens is 4. The van der Waals surface area contributed by atoms with Crippen LogP contribution < -0.4 is 10.2 Å². The zero-order valence-electron chi connectivity index (χ0n) is 21.1. The molecule has 0 bridgehead atoms. The number of anilines is 1. The van der Waals surface area contributed by atoms with E-state index in [1.165, 1.54) is 6.08 Å². The number of carbonyl (C=O) groups is 1. The number of pyridine rings is 1. The fourth-order valence-corrected chi connectivity index (χ4v) is 5.44. The molecule has 38 heavy (non-hydrogen) atoms.